The van der Waals surface area contributed by atoms with Crippen molar-refractivity contribution in [2.75, 3.05) is 10.8 Å². The largest absolute Gasteiger partial charge is 0.417 e. The molecule has 0 aromatic heterocycles. The van der Waals surface area contributed by atoms with E-state index in [0.29, 0.717) is 10.4 Å². The van der Waals surface area contributed by atoms with Crippen molar-refractivity contribution in [3.63, 3.8) is 0 Å². The van der Waals surface area contributed by atoms with Gasteiger partial charge in [-0.25, -0.2) is 8.42 Å². The van der Waals surface area contributed by atoms with E-state index in [1.807, 2.05) is 19.1 Å². The molecule has 12 heteroatoms. The van der Waals surface area contributed by atoms with Gasteiger partial charge in [0.15, 0.2) is 0 Å². The number of amides is 2. The molecular formula is C31H33ClF3N3O4S. The number of aryl methyl sites for hydroxylation is 1. The number of nitrogens with one attached hydrogen (secondary N) is 1. The van der Waals surface area contributed by atoms with Gasteiger partial charge in [-0.1, -0.05) is 66.9 Å². The first kappa shape index (κ1) is 32.3. The maximum Gasteiger partial charge on any atom is 0.417 e. The van der Waals surface area contributed by atoms with E-state index in [0.717, 1.165) is 48.9 Å². The van der Waals surface area contributed by atoms with Crippen LogP contribution in [0.2, 0.25) is 5.02 Å². The van der Waals surface area contributed by atoms with E-state index in [1.165, 1.54) is 29.2 Å². The number of halogens is 4. The van der Waals surface area contributed by atoms with Crippen molar-refractivity contribution in [1.29, 1.82) is 0 Å². The normalized spacial score (nSPS) is 14.7. The van der Waals surface area contributed by atoms with Crippen molar-refractivity contribution < 1.29 is 31.2 Å². The van der Waals surface area contributed by atoms with Crippen LogP contribution in [0.3, 0.4) is 0 Å². The van der Waals surface area contributed by atoms with Gasteiger partial charge in [0.1, 0.15) is 12.6 Å². The van der Waals surface area contributed by atoms with Crippen LogP contribution in [-0.2, 0) is 32.3 Å². The van der Waals surface area contributed by atoms with Crippen LogP contribution in [0, 0.1) is 6.92 Å². The number of rotatable bonds is 10. The minimum absolute atomic E-state index is 0.0155. The summed E-state index contributed by atoms with van der Waals surface area (Å²) in [6.07, 6.45) is -1.25. The summed E-state index contributed by atoms with van der Waals surface area (Å²) in [6, 6.07) is 16.0. The standard InChI is InChI=1S/C31H33ClF3N3O4S/c1-21-10-6-7-11-23(21)19-37(22(2)30(40)36-24-12-8-9-13-24)29(39)20-38(43(41,42)26-14-4-3-5-15-26)25-16-17-28(32)27(18-25)31(33,34)35/h3-7,10-11,14-18,22,24H,8-9,12-13,19-20H2,1-2H3,(H,36,40)/t22-/m1/s1. The SMILES string of the molecule is Cc1ccccc1CN(C(=O)CN(c1ccc(Cl)c(C(F)(F)F)c1)S(=O)(=O)c1ccccc1)[C@H](C)C(=O)NC1CCCC1. The molecule has 0 unspecified atom stereocenters. The fourth-order valence-electron chi connectivity index (χ4n) is 5.08. The van der Waals surface area contributed by atoms with Gasteiger partial charge in [-0.2, -0.15) is 13.2 Å². The minimum atomic E-state index is -4.87. The lowest BCUT2D eigenvalue weighted by atomic mass is 10.1. The Morgan fingerprint density at radius 3 is 2.26 bits per heavy atom. The highest BCUT2D eigenvalue weighted by atomic mass is 35.5. The molecule has 230 valence electrons. The molecule has 1 aliphatic rings. The lowest BCUT2D eigenvalue weighted by Crippen LogP contribution is -2.52. The number of carbonyl (C=O) groups is 2. The third-order valence-corrected chi connectivity index (χ3v) is 9.74. The van der Waals surface area contributed by atoms with Crippen LogP contribution in [0.5, 0.6) is 0 Å². The molecule has 0 aliphatic heterocycles. The van der Waals surface area contributed by atoms with Gasteiger partial charge in [0.2, 0.25) is 11.8 Å². The van der Waals surface area contributed by atoms with Gasteiger partial charge in [0.05, 0.1) is 21.2 Å². The molecule has 7 nitrogen and oxygen atoms in total. The van der Waals surface area contributed by atoms with Crippen molar-refractivity contribution in [3.05, 3.63) is 94.5 Å². The van der Waals surface area contributed by atoms with Gasteiger partial charge in [-0.15, -0.1) is 0 Å². The summed E-state index contributed by atoms with van der Waals surface area (Å²) in [5, 5.41) is 2.37. The number of sulfonamides is 1. The van der Waals surface area contributed by atoms with Crippen LogP contribution < -0.4 is 9.62 Å². The second kappa shape index (κ2) is 13.4. The molecule has 43 heavy (non-hydrogen) atoms. The summed E-state index contributed by atoms with van der Waals surface area (Å²) < 4.78 is 69.6. The molecule has 1 fully saturated rings. The van der Waals surface area contributed by atoms with Gasteiger partial charge in [0.25, 0.3) is 10.0 Å². The quantitative estimate of drug-likeness (QED) is 0.282. The summed E-state index contributed by atoms with van der Waals surface area (Å²) in [5.74, 6) is -1.16. The van der Waals surface area contributed by atoms with E-state index in [9.17, 15) is 31.2 Å². The first-order valence-electron chi connectivity index (χ1n) is 13.9. The zero-order valence-corrected chi connectivity index (χ0v) is 25.3. The van der Waals surface area contributed by atoms with Gasteiger partial charge in [-0.05, 0) is 68.1 Å². The second-order valence-electron chi connectivity index (χ2n) is 10.6. The predicted octanol–water partition coefficient (Wildman–Crippen LogP) is 6.34. The van der Waals surface area contributed by atoms with Gasteiger partial charge in [-0.3, -0.25) is 13.9 Å². The van der Waals surface area contributed by atoms with Crippen LogP contribution in [0.25, 0.3) is 0 Å². The Kier molecular flexibility index (Phi) is 10.1. The molecule has 0 radical (unpaired) electrons. The van der Waals surface area contributed by atoms with Gasteiger partial charge < -0.3 is 10.2 Å². The average Bonchev–Trinajstić information content (AvgIpc) is 3.48. The van der Waals surface area contributed by atoms with Crippen LogP contribution in [0.15, 0.2) is 77.7 Å². The summed E-state index contributed by atoms with van der Waals surface area (Å²) in [7, 11) is -4.53. The Bertz CT molecular complexity index is 1560. The van der Waals surface area contributed by atoms with Crippen LogP contribution >= 0.6 is 11.6 Å². The minimum Gasteiger partial charge on any atom is -0.352 e. The lowest BCUT2D eigenvalue weighted by Gasteiger charge is -2.33. The molecule has 4 rings (SSSR count). The van der Waals surface area contributed by atoms with E-state index in [4.69, 9.17) is 11.6 Å². The van der Waals surface area contributed by atoms with Gasteiger partial charge in [0, 0.05) is 12.6 Å². The summed E-state index contributed by atoms with van der Waals surface area (Å²) in [5.41, 5.74) is -0.0500. The predicted molar refractivity (Wildman–Crippen MR) is 159 cm³/mol. The summed E-state index contributed by atoms with van der Waals surface area (Å²) in [4.78, 5) is 28.4. The summed E-state index contributed by atoms with van der Waals surface area (Å²) in [6.45, 7) is 2.53. The number of alkyl halides is 3. The van der Waals surface area contributed by atoms with Crippen LogP contribution in [0.4, 0.5) is 18.9 Å². The molecule has 1 aliphatic carbocycles. The number of nitrogens with zero attached hydrogens (tertiary/aromatic N) is 2. The molecular weight excluding hydrogens is 603 g/mol. The molecule has 1 atom stereocenters. The highest BCUT2D eigenvalue weighted by Crippen LogP contribution is 2.38. The zero-order chi connectivity index (χ0) is 31.4. The number of hydrogen-bond donors (Lipinski definition) is 1. The lowest BCUT2D eigenvalue weighted by molar-refractivity contribution is -0.139. The van der Waals surface area contributed by atoms with Crippen molar-refractivity contribution in [2.45, 2.75) is 69.2 Å². The zero-order valence-electron chi connectivity index (χ0n) is 23.8. The van der Waals surface area contributed by atoms with E-state index in [-0.39, 0.29) is 17.5 Å². The number of anilines is 1. The Hall–Kier alpha value is -3.57. The average molecular weight is 636 g/mol. The molecule has 0 spiro atoms. The monoisotopic (exact) mass is 635 g/mol. The maximum atomic E-state index is 14.0. The third kappa shape index (κ3) is 7.69. The van der Waals surface area contributed by atoms with E-state index < -0.39 is 56.9 Å². The van der Waals surface area contributed by atoms with Crippen molar-refractivity contribution in [1.82, 2.24) is 10.2 Å². The molecule has 1 saturated carbocycles. The Labute approximate surface area is 254 Å². The molecule has 1 N–H and O–H groups in total. The maximum absolute atomic E-state index is 14.0. The molecule has 2 amide bonds. The fourth-order valence-corrected chi connectivity index (χ4v) is 6.73. The Morgan fingerprint density at radius 1 is 1.00 bits per heavy atom. The molecule has 0 saturated heterocycles. The highest BCUT2D eigenvalue weighted by molar-refractivity contribution is 7.92. The second-order valence-corrected chi connectivity index (χ2v) is 12.9. The van der Waals surface area contributed by atoms with Crippen LogP contribution in [-0.4, -0.2) is 43.8 Å². The van der Waals surface area contributed by atoms with Crippen molar-refractivity contribution in [3.8, 4) is 0 Å². The van der Waals surface area contributed by atoms with E-state index >= 15 is 0 Å². The Morgan fingerprint density at radius 2 is 1.63 bits per heavy atom. The molecule has 3 aromatic carbocycles. The first-order chi connectivity index (χ1) is 20.3. The third-order valence-electron chi connectivity index (χ3n) is 7.62. The first-order valence-corrected chi connectivity index (χ1v) is 15.7. The van der Waals surface area contributed by atoms with E-state index in [1.54, 1.807) is 25.1 Å². The summed E-state index contributed by atoms with van der Waals surface area (Å²) >= 11 is 5.82. The molecule has 0 bridgehead atoms. The fraction of sp³-hybridized carbons (Fsp3) is 0.355. The van der Waals surface area contributed by atoms with Crippen molar-refractivity contribution in [2.24, 2.45) is 0 Å². The molecule has 3 aromatic rings. The van der Waals surface area contributed by atoms with E-state index in [2.05, 4.69) is 5.32 Å². The smallest absolute Gasteiger partial charge is 0.352 e. The Balaban J connectivity index is 1.75. The number of benzene rings is 3. The number of hydrogen-bond acceptors (Lipinski definition) is 4. The topological polar surface area (TPSA) is 86.8 Å². The highest BCUT2D eigenvalue weighted by Gasteiger charge is 2.37. The van der Waals surface area contributed by atoms with Gasteiger partial charge >= 0.3 is 6.18 Å². The van der Waals surface area contributed by atoms with Crippen LogP contribution in [0.1, 0.15) is 49.3 Å². The molecule has 0 heterocycles. The number of carbonyl (C=O) groups excluding carboxylic acids is 2. The van der Waals surface area contributed by atoms with Crippen molar-refractivity contribution >= 4 is 39.1 Å².